The first-order chi connectivity index (χ1) is 7.34. The number of rotatable bonds is 1. The van der Waals surface area contributed by atoms with Crippen LogP contribution in [0.4, 0.5) is 0 Å². The minimum absolute atomic E-state index is 0.627. The van der Waals surface area contributed by atoms with E-state index in [1.807, 2.05) is 6.07 Å². The fourth-order valence-corrected chi connectivity index (χ4v) is 2.48. The summed E-state index contributed by atoms with van der Waals surface area (Å²) in [6, 6.07) is 4.13. The maximum absolute atomic E-state index is 4.33. The Morgan fingerprint density at radius 2 is 2.00 bits per heavy atom. The van der Waals surface area contributed by atoms with E-state index in [4.69, 9.17) is 0 Å². The summed E-state index contributed by atoms with van der Waals surface area (Å²) < 4.78 is 2.16. The van der Waals surface area contributed by atoms with Gasteiger partial charge in [0.2, 0.25) is 0 Å². The second-order valence-corrected chi connectivity index (χ2v) is 4.47. The summed E-state index contributed by atoms with van der Waals surface area (Å²) in [7, 11) is 0. The van der Waals surface area contributed by atoms with Crippen molar-refractivity contribution in [3.8, 4) is 0 Å². The highest BCUT2D eigenvalue weighted by molar-refractivity contribution is 5.39. The van der Waals surface area contributed by atoms with Gasteiger partial charge in [-0.15, -0.1) is 10.2 Å². The van der Waals surface area contributed by atoms with Crippen molar-refractivity contribution in [1.29, 1.82) is 0 Å². The number of hydrogen-bond acceptors (Lipinski definition) is 2. The molecule has 1 aliphatic rings. The van der Waals surface area contributed by atoms with Gasteiger partial charge in [0.1, 0.15) is 5.82 Å². The van der Waals surface area contributed by atoms with Crippen LogP contribution in [-0.2, 0) is 0 Å². The zero-order valence-electron chi connectivity index (χ0n) is 8.98. The van der Waals surface area contributed by atoms with Crippen LogP contribution in [0.3, 0.4) is 0 Å². The van der Waals surface area contributed by atoms with Crippen LogP contribution in [0.2, 0.25) is 0 Å². The first kappa shape index (κ1) is 8.89. The lowest BCUT2D eigenvalue weighted by molar-refractivity contribution is 0.658. The SMILES string of the molecule is Cc1ccc2nnc(C3CCCC3)n2c1. The van der Waals surface area contributed by atoms with Gasteiger partial charge < -0.3 is 0 Å². The molecule has 0 bridgehead atoms. The van der Waals surface area contributed by atoms with E-state index < -0.39 is 0 Å². The van der Waals surface area contributed by atoms with E-state index in [-0.39, 0.29) is 0 Å². The van der Waals surface area contributed by atoms with Crippen molar-refractivity contribution >= 4 is 5.65 Å². The third-order valence-electron chi connectivity index (χ3n) is 3.30. The quantitative estimate of drug-likeness (QED) is 0.710. The molecule has 3 heteroatoms. The molecule has 1 fully saturated rings. The van der Waals surface area contributed by atoms with Crippen LogP contribution in [0.1, 0.15) is 43.0 Å². The molecule has 15 heavy (non-hydrogen) atoms. The van der Waals surface area contributed by atoms with Crippen LogP contribution >= 0.6 is 0 Å². The fraction of sp³-hybridized carbons (Fsp3) is 0.500. The van der Waals surface area contributed by atoms with Gasteiger partial charge in [-0.25, -0.2) is 0 Å². The lowest BCUT2D eigenvalue weighted by Crippen LogP contribution is -2.00. The predicted molar refractivity (Wildman–Crippen MR) is 58.9 cm³/mol. The highest BCUT2D eigenvalue weighted by Crippen LogP contribution is 2.33. The van der Waals surface area contributed by atoms with Crippen molar-refractivity contribution in [1.82, 2.24) is 14.6 Å². The van der Waals surface area contributed by atoms with Gasteiger partial charge in [-0.05, 0) is 31.4 Å². The molecule has 0 amide bonds. The monoisotopic (exact) mass is 201 g/mol. The zero-order valence-corrected chi connectivity index (χ0v) is 8.98. The molecule has 0 unspecified atom stereocenters. The summed E-state index contributed by atoms with van der Waals surface area (Å²) in [5.41, 5.74) is 2.24. The molecule has 0 spiro atoms. The molecule has 0 aliphatic heterocycles. The highest BCUT2D eigenvalue weighted by Gasteiger charge is 2.21. The Kier molecular flexibility index (Phi) is 1.97. The molecule has 0 atom stereocenters. The third-order valence-corrected chi connectivity index (χ3v) is 3.30. The number of hydrogen-bond donors (Lipinski definition) is 0. The van der Waals surface area contributed by atoms with Gasteiger partial charge in [0, 0.05) is 12.1 Å². The largest absolute Gasteiger partial charge is 0.286 e. The average Bonchev–Trinajstić information content (AvgIpc) is 2.83. The van der Waals surface area contributed by atoms with Crippen molar-refractivity contribution in [2.45, 2.75) is 38.5 Å². The van der Waals surface area contributed by atoms with Crippen LogP contribution in [0.25, 0.3) is 5.65 Å². The van der Waals surface area contributed by atoms with E-state index in [1.54, 1.807) is 0 Å². The number of aromatic nitrogens is 3. The summed E-state index contributed by atoms with van der Waals surface area (Å²) in [4.78, 5) is 0. The van der Waals surface area contributed by atoms with E-state index in [0.29, 0.717) is 5.92 Å². The van der Waals surface area contributed by atoms with Gasteiger partial charge in [0.15, 0.2) is 5.65 Å². The lowest BCUT2D eigenvalue weighted by atomic mass is 10.1. The fourth-order valence-electron chi connectivity index (χ4n) is 2.48. The van der Waals surface area contributed by atoms with Gasteiger partial charge in [-0.3, -0.25) is 4.40 Å². The standard InChI is InChI=1S/C12H15N3/c1-9-6-7-11-13-14-12(15(11)8-9)10-4-2-3-5-10/h6-8,10H,2-5H2,1H3. The lowest BCUT2D eigenvalue weighted by Gasteiger charge is -2.06. The maximum atomic E-state index is 4.33. The molecule has 0 radical (unpaired) electrons. The number of pyridine rings is 1. The number of aryl methyl sites for hydroxylation is 1. The molecule has 0 aromatic carbocycles. The molecule has 1 saturated carbocycles. The van der Waals surface area contributed by atoms with Crippen molar-refractivity contribution < 1.29 is 0 Å². The molecule has 78 valence electrons. The Morgan fingerprint density at radius 3 is 2.80 bits per heavy atom. The topological polar surface area (TPSA) is 30.2 Å². The summed E-state index contributed by atoms with van der Waals surface area (Å²) in [6.45, 7) is 2.11. The van der Waals surface area contributed by atoms with Crippen LogP contribution in [0.15, 0.2) is 18.3 Å². The summed E-state index contributed by atoms with van der Waals surface area (Å²) in [6.07, 6.45) is 7.36. The Morgan fingerprint density at radius 1 is 1.20 bits per heavy atom. The second kappa shape index (κ2) is 3.33. The minimum Gasteiger partial charge on any atom is -0.286 e. The Hall–Kier alpha value is -1.38. The van der Waals surface area contributed by atoms with Crippen LogP contribution < -0.4 is 0 Å². The Labute approximate surface area is 89.1 Å². The van der Waals surface area contributed by atoms with Crippen molar-refractivity contribution in [3.05, 3.63) is 29.7 Å². The first-order valence-electron chi connectivity index (χ1n) is 5.66. The van der Waals surface area contributed by atoms with E-state index in [1.165, 1.54) is 31.2 Å². The molecule has 2 aromatic heterocycles. The van der Waals surface area contributed by atoms with Gasteiger partial charge in [-0.1, -0.05) is 18.9 Å². The van der Waals surface area contributed by atoms with E-state index in [2.05, 4.69) is 33.8 Å². The molecular formula is C12H15N3. The maximum Gasteiger partial charge on any atom is 0.160 e. The summed E-state index contributed by atoms with van der Waals surface area (Å²) >= 11 is 0. The van der Waals surface area contributed by atoms with Crippen LogP contribution in [0, 0.1) is 6.92 Å². The predicted octanol–water partition coefficient (Wildman–Crippen LogP) is 2.70. The molecule has 2 aromatic rings. The van der Waals surface area contributed by atoms with E-state index in [0.717, 1.165) is 11.5 Å². The smallest absolute Gasteiger partial charge is 0.160 e. The summed E-state index contributed by atoms with van der Waals surface area (Å²) in [5, 5.41) is 8.55. The van der Waals surface area contributed by atoms with Gasteiger partial charge in [0.05, 0.1) is 0 Å². The van der Waals surface area contributed by atoms with E-state index >= 15 is 0 Å². The zero-order chi connectivity index (χ0) is 10.3. The third kappa shape index (κ3) is 1.42. The minimum atomic E-state index is 0.627. The van der Waals surface area contributed by atoms with Crippen molar-refractivity contribution in [2.24, 2.45) is 0 Å². The number of nitrogens with zero attached hydrogens (tertiary/aromatic N) is 3. The first-order valence-corrected chi connectivity index (χ1v) is 5.66. The van der Waals surface area contributed by atoms with Gasteiger partial charge in [-0.2, -0.15) is 0 Å². The Bertz CT molecular complexity index is 481. The highest BCUT2D eigenvalue weighted by atomic mass is 15.2. The molecule has 0 saturated heterocycles. The second-order valence-electron chi connectivity index (χ2n) is 4.47. The molecule has 1 aliphatic carbocycles. The van der Waals surface area contributed by atoms with Gasteiger partial charge >= 0.3 is 0 Å². The van der Waals surface area contributed by atoms with E-state index in [9.17, 15) is 0 Å². The van der Waals surface area contributed by atoms with Crippen molar-refractivity contribution in [3.63, 3.8) is 0 Å². The Balaban J connectivity index is 2.13. The molecular weight excluding hydrogens is 186 g/mol. The molecule has 2 heterocycles. The number of fused-ring (bicyclic) bond motifs is 1. The molecule has 3 rings (SSSR count). The average molecular weight is 201 g/mol. The van der Waals surface area contributed by atoms with Gasteiger partial charge in [0.25, 0.3) is 0 Å². The summed E-state index contributed by atoms with van der Waals surface area (Å²) in [5.74, 6) is 1.79. The van der Waals surface area contributed by atoms with Crippen LogP contribution in [-0.4, -0.2) is 14.6 Å². The molecule has 3 nitrogen and oxygen atoms in total. The normalized spacial score (nSPS) is 17.7. The van der Waals surface area contributed by atoms with Crippen LogP contribution in [0.5, 0.6) is 0 Å². The van der Waals surface area contributed by atoms with Crippen molar-refractivity contribution in [2.75, 3.05) is 0 Å². The molecule has 0 N–H and O–H groups in total.